The number of halogens is 5. The van der Waals surface area contributed by atoms with Gasteiger partial charge >= 0.3 is 6.18 Å². The first-order valence-electron chi connectivity index (χ1n) is 6.17. The smallest absolute Gasteiger partial charge is 0.437 e. The van der Waals surface area contributed by atoms with E-state index in [2.05, 4.69) is 4.98 Å². The van der Waals surface area contributed by atoms with Crippen LogP contribution in [-0.4, -0.2) is 23.4 Å². The Balaban J connectivity index is 2.63. The number of hydrogen-bond donors (Lipinski definition) is 2. The van der Waals surface area contributed by atoms with Gasteiger partial charge in [-0.1, -0.05) is 11.6 Å². The van der Waals surface area contributed by atoms with Gasteiger partial charge in [-0.15, -0.1) is 0 Å². The molecule has 1 unspecified atom stereocenters. The second-order valence-electron chi connectivity index (χ2n) is 4.64. The summed E-state index contributed by atoms with van der Waals surface area (Å²) in [5.41, 5.74) is 0.608. The Kier molecular flexibility index (Phi) is 4.52. The number of aromatic nitrogens is 1. The summed E-state index contributed by atoms with van der Waals surface area (Å²) in [5, 5.41) is 9.28. The van der Waals surface area contributed by atoms with E-state index in [0.29, 0.717) is 0 Å². The highest BCUT2D eigenvalue weighted by molar-refractivity contribution is 6.31. The molecule has 0 fully saturated rings. The molecule has 0 bridgehead atoms. The van der Waals surface area contributed by atoms with Gasteiger partial charge in [-0.25, -0.2) is 9.37 Å². The maximum Gasteiger partial charge on any atom is 0.437 e. The van der Waals surface area contributed by atoms with Crippen molar-refractivity contribution in [2.45, 2.75) is 11.9 Å². The first-order chi connectivity index (χ1) is 10.6. The van der Waals surface area contributed by atoms with Crippen molar-refractivity contribution >= 4 is 11.6 Å². The number of pyridine rings is 1. The SMILES string of the molecule is COc1ccc(C(N)(O)C(F)(F)F)nc1-c1ccc(F)c(Cl)c1. The molecule has 4 nitrogen and oxygen atoms in total. The molecule has 23 heavy (non-hydrogen) atoms. The van der Waals surface area contributed by atoms with Crippen LogP contribution in [0.5, 0.6) is 5.75 Å². The van der Waals surface area contributed by atoms with Gasteiger partial charge < -0.3 is 9.84 Å². The highest BCUT2D eigenvalue weighted by Crippen LogP contribution is 2.37. The standard InChI is InChI=1S/C14H11ClF4N2O2/c1-23-10-4-5-11(13(20,22)14(17,18)19)21-12(10)7-2-3-9(16)8(15)6-7/h2-6,22H,20H2,1H3. The van der Waals surface area contributed by atoms with E-state index >= 15 is 0 Å². The first-order valence-corrected chi connectivity index (χ1v) is 6.54. The minimum absolute atomic E-state index is 0.0694. The minimum Gasteiger partial charge on any atom is -0.494 e. The summed E-state index contributed by atoms with van der Waals surface area (Å²) < 4.78 is 56.8. The molecule has 2 aromatic rings. The molecular formula is C14H11ClF4N2O2. The Hall–Kier alpha value is -1.90. The lowest BCUT2D eigenvalue weighted by Crippen LogP contribution is -2.50. The average Bonchev–Trinajstić information content (AvgIpc) is 2.48. The van der Waals surface area contributed by atoms with Gasteiger partial charge in [-0.3, -0.25) is 5.73 Å². The molecule has 0 aliphatic heterocycles. The second-order valence-corrected chi connectivity index (χ2v) is 5.05. The van der Waals surface area contributed by atoms with Gasteiger partial charge in [-0.2, -0.15) is 13.2 Å². The molecule has 0 spiro atoms. The first kappa shape index (κ1) is 17.5. The number of nitrogens with zero attached hydrogens (tertiary/aromatic N) is 1. The van der Waals surface area contributed by atoms with E-state index in [1.54, 1.807) is 0 Å². The molecule has 0 saturated carbocycles. The lowest BCUT2D eigenvalue weighted by Gasteiger charge is -2.26. The fraction of sp³-hybridized carbons (Fsp3) is 0.214. The van der Waals surface area contributed by atoms with Crippen molar-refractivity contribution in [2.24, 2.45) is 5.73 Å². The Labute approximate surface area is 133 Å². The number of benzene rings is 1. The number of hydrogen-bond acceptors (Lipinski definition) is 4. The van der Waals surface area contributed by atoms with E-state index < -0.39 is 23.4 Å². The third-order valence-electron chi connectivity index (χ3n) is 3.09. The van der Waals surface area contributed by atoms with Crippen molar-refractivity contribution in [3.63, 3.8) is 0 Å². The predicted molar refractivity (Wildman–Crippen MR) is 75.3 cm³/mol. The third-order valence-corrected chi connectivity index (χ3v) is 3.38. The van der Waals surface area contributed by atoms with Gasteiger partial charge in [-0.05, 0) is 30.3 Å². The van der Waals surface area contributed by atoms with Crippen LogP contribution in [0.3, 0.4) is 0 Å². The van der Waals surface area contributed by atoms with Crippen LogP contribution in [0.1, 0.15) is 5.69 Å². The quantitative estimate of drug-likeness (QED) is 0.659. The number of ether oxygens (including phenoxy) is 1. The van der Waals surface area contributed by atoms with Crippen LogP contribution < -0.4 is 10.5 Å². The molecule has 0 radical (unpaired) electrons. The van der Waals surface area contributed by atoms with Crippen LogP contribution in [0.15, 0.2) is 30.3 Å². The van der Waals surface area contributed by atoms with Crippen molar-refractivity contribution in [1.29, 1.82) is 0 Å². The zero-order valence-electron chi connectivity index (χ0n) is 11.7. The number of rotatable bonds is 3. The minimum atomic E-state index is -5.13. The molecular weight excluding hydrogens is 340 g/mol. The normalized spacial score (nSPS) is 14.4. The zero-order valence-corrected chi connectivity index (χ0v) is 12.4. The molecule has 0 amide bonds. The molecule has 3 N–H and O–H groups in total. The maximum absolute atomic E-state index is 13.2. The molecule has 1 aromatic heterocycles. The molecule has 124 valence electrons. The van der Waals surface area contributed by atoms with Gasteiger partial charge in [0.05, 0.1) is 17.8 Å². The van der Waals surface area contributed by atoms with Gasteiger partial charge in [0.1, 0.15) is 17.3 Å². The largest absolute Gasteiger partial charge is 0.494 e. The van der Waals surface area contributed by atoms with E-state index in [9.17, 15) is 22.7 Å². The monoisotopic (exact) mass is 350 g/mol. The van der Waals surface area contributed by atoms with Crippen LogP contribution >= 0.6 is 11.6 Å². The van der Waals surface area contributed by atoms with E-state index in [0.717, 1.165) is 12.1 Å². The number of aliphatic hydroxyl groups is 1. The van der Waals surface area contributed by atoms with E-state index in [4.69, 9.17) is 22.1 Å². The van der Waals surface area contributed by atoms with E-state index in [-0.39, 0.29) is 22.0 Å². The Morgan fingerprint density at radius 2 is 1.87 bits per heavy atom. The summed E-state index contributed by atoms with van der Waals surface area (Å²) in [7, 11) is 1.28. The highest BCUT2D eigenvalue weighted by Gasteiger charge is 2.53. The predicted octanol–water partition coefficient (Wildman–Crippen LogP) is 3.22. The summed E-state index contributed by atoms with van der Waals surface area (Å²) >= 11 is 5.66. The Morgan fingerprint density at radius 1 is 1.22 bits per heavy atom. The van der Waals surface area contributed by atoms with E-state index in [1.165, 1.54) is 25.3 Å². The highest BCUT2D eigenvalue weighted by atomic mass is 35.5. The molecule has 0 saturated heterocycles. The Morgan fingerprint density at radius 3 is 2.39 bits per heavy atom. The molecule has 1 atom stereocenters. The maximum atomic E-state index is 13.2. The molecule has 1 aromatic carbocycles. The fourth-order valence-electron chi connectivity index (χ4n) is 1.82. The van der Waals surface area contributed by atoms with Crippen molar-refractivity contribution < 1.29 is 27.4 Å². The van der Waals surface area contributed by atoms with E-state index in [1.807, 2.05) is 0 Å². The van der Waals surface area contributed by atoms with Crippen LogP contribution in [0.2, 0.25) is 5.02 Å². The molecule has 1 heterocycles. The zero-order chi connectivity index (χ0) is 17.4. The van der Waals surface area contributed by atoms with Crippen LogP contribution in [0.4, 0.5) is 17.6 Å². The molecule has 9 heteroatoms. The van der Waals surface area contributed by atoms with Gasteiger partial charge in [0.15, 0.2) is 0 Å². The van der Waals surface area contributed by atoms with Crippen molar-refractivity contribution in [2.75, 3.05) is 7.11 Å². The summed E-state index contributed by atoms with van der Waals surface area (Å²) in [5.74, 6) is -0.592. The summed E-state index contributed by atoms with van der Waals surface area (Å²) in [6.45, 7) is 0. The molecule has 2 rings (SSSR count). The molecule has 0 aliphatic carbocycles. The van der Waals surface area contributed by atoms with Crippen molar-refractivity contribution in [1.82, 2.24) is 4.98 Å². The van der Waals surface area contributed by atoms with Crippen molar-refractivity contribution in [3.05, 3.63) is 46.9 Å². The Bertz CT molecular complexity index is 735. The number of alkyl halides is 3. The average molecular weight is 351 g/mol. The van der Waals surface area contributed by atoms with Crippen LogP contribution in [-0.2, 0) is 5.72 Å². The topological polar surface area (TPSA) is 68.4 Å². The summed E-state index contributed by atoms with van der Waals surface area (Å²) in [6.07, 6.45) is -5.13. The number of nitrogens with two attached hydrogens (primary N) is 1. The summed E-state index contributed by atoms with van der Waals surface area (Å²) in [4.78, 5) is 3.72. The summed E-state index contributed by atoms with van der Waals surface area (Å²) in [6, 6.07) is 5.52. The van der Waals surface area contributed by atoms with Crippen LogP contribution in [0, 0.1) is 5.82 Å². The van der Waals surface area contributed by atoms with Gasteiger partial charge in [0.2, 0.25) is 0 Å². The van der Waals surface area contributed by atoms with Crippen molar-refractivity contribution in [3.8, 4) is 17.0 Å². The van der Waals surface area contributed by atoms with Crippen LogP contribution in [0.25, 0.3) is 11.3 Å². The lowest BCUT2D eigenvalue weighted by atomic mass is 10.1. The third kappa shape index (κ3) is 3.24. The molecule has 0 aliphatic rings. The van der Waals surface area contributed by atoms with Gasteiger partial charge in [0, 0.05) is 5.56 Å². The fourth-order valence-corrected chi connectivity index (χ4v) is 2.00. The number of methoxy groups -OCH3 is 1. The second kappa shape index (κ2) is 5.95. The van der Waals surface area contributed by atoms with Gasteiger partial charge in [0.25, 0.3) is 5.72 Å². The lowest BCUT2D eigenvalue weighted by molar-refractivity contribution is -0.266.